The van der Waals surface area contributed by atoms with Gasteiger partial charge in [-0.3, -0.25) is 0 Å². The van der Waals surface area contributed by atoms with Crippen LogP contribution in [0.4, 0.5) is 0 Å². The zero-order valence-electron chi connectivity index (χ0n) is 18.6. The fourth-order valence-corrected chi connectivity index (χ4v) is 6.87. The summed E-state index contributed by atoms with van der Waals surface area (Å²) >= 11 is 0. The van der Waals surface area contributed by atoms with E-state index < -0.39 is 21.9 Å². The first-order valence-corrected chi connectivity index (χ1v) is 12.0. The quantitative estimate of drug-likeness (QED) is 0.677. The molecule has 0 saturated carbocycles. The third kappa shape index (κ3) is 2.88. The van der Waals surface area contributed by atoms with E-state index in [1.807, 2.05) is 19.1 Å². The van der Waals surface area contributed by atoms with Crippen molar-refractivity contribution in [2.24, 2.45) is 0 Å². The topological polar surface area (TPSA) is 83.5 Å². The molecule has 2 aliphatic heterocycles. The Morgan fingerprint density at radius 1 is 0.969 bits per heavy atom. The van der Waals surface area contributed by atoms with E-state index in [0.29, 0.717) is 55.4 Å². The van der Waals surface area contributed by atoms with E-state index in [1.54, 1.807) is 37.8 Å². The number of nitrogens with zero attached hydrogens (tertiary/aromatic N) is 1. The zero-order chi connectivity index (χ0) is 22.7. The normalized spacial score (nSPS) is 21.6. The highest BCUT2D eigenvalue weighted by atomic mass is 32.2. The molecule has 32 heavy (non-hydrogen) atoms. The van der Waals surface area contributed by atoms with Gasteiger partial charge < -0.3 is 23.7 Å². The summed E-state index contributed by atoms with van der Waals surface area (Å²) in [6.07, 6.45) is 0.816. The van der Waals surface area contributed by atoms with E-state index >= 15 is 0 Å². The number of fused-ring (bicyclic) bond motifs is 1. The van der Waals surface area contributed by atoms with Gasteiger partial charge in [-0.2, -0.15) is 4.31 Å². The molecule has 2 aromatic carbocycles. The van der Waals surface area contributed by atoms with Gasteiger partial charge in [0.05, 0.1) is 51.0 Å². The van der Waals surface area contributed by atoms with E-state index in [-0.39, 0.29) is 4.90 Å². The monoisotopic (exact) mass is 461 g/mol. The molecule has 2 heterocycles. The van der Waals surface area contributed by atoms with Gasteiger partial charge in [0.25, 0.3) is 0 Å². The Morgan fingerprint density at radius 2 is 1.59 bits per heavy atom. The average molecular weight is 462 g/mol. The van der Waals surface area contributed by atoms with Crippen LogP contribution in [0.1, 0.15) is 34.7 Å². The third-order valence-electron chi connectivity index (χ3n) is 6.61. The Kier molecular flexibility index (Phi) is 5.12. The average Bonchev–Trinajstić information content (AvgIpc) is 3.39. The summed E-state index contributed by atoms with van der Waals surface area (Å²) in [5, 5.41) is 0. The Labute approximate surface area is 188 Å². The van der Waals surface area contributed by atoms with Crippen LogP contribution in [0, 0.1) is 6.92 Å². The van der Waals surface area contributed by atoms with Crippen molar-refractivity contribution >= 4 is 10.0 Å². The summed E-state index contributed by atoms with van der Waals surface area (Å²) in [5.74, 6) is 0.417. The van der Waals surface area contributed by atoms with Gasteiger partial charge in [-0.05, 0) is 31.0 Å². The Bertz CT molecular complexity index is 1150. The second-order valence-electron chi connectivity index (χ2n) is 8.22. The highest BCUT2D eigenvalue weighted by Crippen LogP contribution is 2.62. The van der Waals surface area contributed by atoms with Gasteiger partial charge in [-0.25, -0.2) is 8.42 Å². The summed E-state index contributed by atoms with van der Waals surface area (Å²) in [4.78, 5) is 0.273. The van der Waals surface area contributed by atoms with Crippen molar-refractivity contribution in [2.75, 3.05) is 41.1 Å². The first kappa shape index (κ1) is 21.5. The third-order valence-corrected chi connectivity index (χ3v) is 8.53. The zero-order valence-corrected chi connectivity index (χ0v) is 19.5. The molecule has 1 saturated heterocycles. The molecule has 1 atom stereocenters. The highest BCUT2D eigenvalue weighted by Gasteiger charge is 2.57. The second-order valence-corrected chi connectivity index (χ2v) is 10.1. The van der Waals surface area contributed by atoms with Crippen LogP contribution >= 0.6 is 0 Å². The predicted octanol–water partition coefficient (Wildman–Crippen LogP) is 2.91. The van der Waals surface area contributed by atoms with Gasteiger partial charge in [0.15, 0.2) is 11.5 Å². The lowest BCUT2D eigenvalue weighted by Crippen LogP contribution is -2.39. The lowest BCUT2D eigenvalue weighted by molar-refractivity contribution is -0.169. The fourth-order valence-electron chi connectivity index (χ4n) is 5.27. The molecular formula is C23H27NO7S. The van der Waals surface area contributed by atoms with Crippen LogP contribution in [0.2, 0.25) is 0 Å². The van der Waals surface area contributed by atoms with Crippen LogP contribution in [-0.2, 0) is 31.7 Å². The Balaban J connectivity index is 1.73. The number of hydrogen-bond donors (Lipinski definition) is 0. The number of hydrogen-bond acceptors (Lipinski definition) is 7. The summed E-state index contributed by atoms with van der Waals surface area (Å²) in [6, 6.07) is 6.47. The minimum absolute atomic E-state index is 0.273. The smallest absolute Gasteiger partial charge is 0.243 e. The van der Waals surface area contributed by atoms with Crippen molar-refractivity contribution in [3.05, 3.63) is 46.5 Å². The molecule has 2 aromatic rings. The van der Waals surface area contributed by atoms with Gasteiger partial charge in [0, 0.05) is 18.5 Å². The lowest BCUT2D eigenvalue weighted by Gasteiger charge is -2.35. The van der Waals surface area contributed by atoms with Crippen molar-refractivity contribution in [3.8, 4) is 17.2 Å². The molecule has 1 fully saturated rings. The molecule has 5 rings (SSSR count). The minimum Gasteiger partial charge on any atom is -0.492 e. The Morgan fingerprint density at radius 3 is 2.19 bits per heavy atom. The van der Waals surface area contributed by atoms with Crippen molar-refractivity contribution in [3.63, 3.8) is 0 Å². The number of benzene rings is 2. The van der Waals surface area contributed by atoms with Gasteiger partial charge in [0.2, 0.25) is 21.6 Å². The number of ether oxygens (including phenoxy) is 5. The van der Waals surface area contributed by atoms with Crippen LogP contribution in [0.15, 0.2) is 29.2 Å². The maximum atomic E-state index is 13.7. The molecule has 0 radical (unpaired) electrons. The summed E-state index contributed by atoms with van der Waals surface area (Å²) in [7, 11) is 0.957. The molecule has 1 aliphatic carbocycles. The van der Waals surface area contributed by atoms with Gasteiger partial charge in [0.1, 0.15) is 0 Å². The van der Waals surface area contributed by atoms with Gasteiger partial charge in [-0.15, -0.1) is 0 Å². The highest BCUT2D eigenvalue weighted by molar-refractivity contribution is 7.89. The van der Waals surface area contributed by atoms with E-state index in [4.69, 9.17) is 23.7 Å². The molecule has 1 spiro atoms. The van der Waals surface area contributed by atoms with E-state index in [0.717, 1.165) is 16.7 Å². The SMILES string of the molecule is COc1c2c3c(c(OC)c1OC)C1(C[C@@H]3N(S(=O)(=O)c3ccc(C)cc3)CC2)OCCO1. The van der Waals surface area contributed by atoms with E-state index in [1.165, 1.54) is 0 Å². The molecule has 0 N–H and O–H groups in total. The first-order chi connectivity index (χ1) is 15.4. The molecule has 0 unspecified atom stereocenters. The predicted molar refractivity (Wildman–Crippen MR) is 116 cm³/mol. The van der Waals surface area contributed by atoms with Crippen molar-refractivity contribution in [1.29, 1.82) is 0 Å². The number of aryl methyl sites for hydroxylation is 1. The van der Waals surface area contributed by atoms with Crippen LogP contribution in [-0.4, -0.2) is 53.8 Å². The molecular weight excluding hydrogens is 434 g/mol. The maximum absolute atomic E-state index is 13.7. The van der Waals surface area contributed by atoms with Crippen LogP contribution in [0.5, 0.6) is 17.2 Å². The van der Waals surface area contributed by atoms with Crippen LogP contribution in [0.25, 0.3) is 0 Å². The first-order valence-electron chi connectivity index (χ1n) is 10.6. The number of sulfonamides is 1. The van der Waals surface area contributed by atoms with E-state index in [9.17, 15) is 8.42 Å². The van der Waals surface area contributed by atoms with Gasteiger partial charge >= 0.3 is 0 Å². The molecule has 8 nitrogen and oxygen atoms in total. The Hall–Kier alpha value is -2.33. The summed E-state index contributed by atoms with van der Waals surface area (Å²) in [6.45, 7) is 3.09. The van der Waals surface area contributed by atoms with Crippen molar-refractivity contribution < 1.29 is 32.1 Å². The number of methoxy groups -OCH3 is 3. The molecule has 0 aromatic heterocycles. The molecule has 9 heteroatoms. The van der Waals surface area contributed by atoms with Crippen molar-refractivity contribution in [2.45, 2.75) is 36.5 Å². The maximum Gasteiger partial charge on any atom is 0.243 e. The minimum atomic E-state index is -3.74. The molecule has 0 bridgehead atoms. The molecule has 0 amide bonds. The lowest BCUT2D eigenvalue weighted by atomic mass is 9.92. The number of rotatable bonds is 5. The fraction of sp³-hybridized carbons (Fsp3) is 0.478. The molecule has 3 aliphatic rings. The van der Waals surface area contributed by atoms with Crippen LogP contribution < -0.4 is 14.2 Å². The largest absolute Gasteiger partial charge is 0.492 e. The standard InChI is InChI=1S/C23H27NO7S/c1-14-5-7-15(8-6-14)32(25,26)24-10-9-16-18-17(24)13-23(30-11-12-31-23)19(18)21(28-3)22(29-4)20(16)27-2/h5-8,17H,9-13H2,1-4H3/t17-/m0/s1. The molecule has 172 valence electrons. The summed E-state index contributed by atoms with van der Waals surface area (Å²) in [5.41, 5.74) is 3.46. The van der Waals surface area contributed by atoms with Crippen LogP contribution in [0.3, 0.4) is 0 Å². The summed E-state index contributed by atoms with van der Waals surface area (Å²) < 4.78 is 58.4. The van der Waals surface area contributed by atoms with E-state index in [2.05, 4.69) is 0 Å². The van der Waals surface area contributed by atoms with Crippen molar-refractivity contribution in [1.82, 2.24) is 4.31 Å². The van der Waals surface area contributed by atoms with Gasteiger partial charge in [-0.1, -0.05) is 17.7 Å². The second kappa shape index (κ2) is 7.62.